The van der Waals surface area contributed by atoms with Crippen molar-refractivity contribution in [2.24, 2.45) is 0 Å². The Morgan fingerprint density at radius 1 is 0.679 bits per heavy atom. The predicted molar refractivity (Wildman–Crippen MR) is 105 cm³/mol. The minimum Gasteiger partial charge on any atom is -0.497 e. The molecule has 2 aromatic heterocycles. The second kappa shape index (κ2) is 7.23. The molecule has 0 spiro atoms. The van der Waals surface area contributed by atoms with E-state index in [0.29, 0.717) is 35.5 Å². The molecular weight excluding hydrogens is 360 g/mol. The molecule has 6 heteroatoms. The van der Waals surface area contributed by atoms with E-state index in [2.05, 4.69) is 0 Å². The molecule has 2 heterocycles. The third-order valence-electron chi connectivity index (χ3n) is 4.74. The van der Waals surface area contributed by atoms with Crippen LogP contribution in [-0.2, 0) is 12.8 Å². The fraction of sp³-hybridized carbons (Fsp3) is 0.182. The molecule has 28 heavy (non-hydrogen) atoms. The molecule has 0 fully saturated rings. The Kier molecular flexibility index (Phi) is 4.61. The van der Waals surface area contributed by atoms with Gasteiger partial charge in [0.05, 0.1) is 14.2 Å². The van der Waals surface area contributed by atoms with Crippen molar-refractivity contribution in [2.75, 3.05) is 14.2 Å². The highest BCUT2D eigenvalue weighted by molar-refractivity contribution is 5.83. The van der Waals surface area contributed by atoms with Crippen LogP contribution in [0, 0.1) is 0 Å². The highest BCUT2D eigenvalue weighted by Gasteiger charge is 2.11. The van der Waals surface area contributed by atoms with Crippen molar-refractivity contribution < 1.29 is 18.3 Å². The zero-order valence-corrected chi connectivity index (χ0v) is 15.5. The second-order valence-corrected chi connectivity index (χ2v) is 6.41. The van der Waals surface area contributed by atoms with E-state index in [9.17, 15) is 9.59 Å². The molecule has 142 valence electrons. The van der Waals surface area contributed by atoms with Crippen molar-refractivity contribution in [1.29, 1.82) is 0 Å². The first-order valence-corrected chi connectivity index (χ1v) is 8.79. The van der Waals surface area contributed by atoms with Crippen LogP contribution < -0.4 is 20.7 Å². The van der Waals surface area contributed by atoms with Crippen LogP contribution in [0.1, 0.15) is 11.1 Å². The summed E-state index contributed by atoms with van der Waals surface area (Å²) in [5, 5.41) is 1.68. The number of ether oxygens (including phenoxy) is 2. The smallest absolute Gasteiger partial charge is 0.336 e. The zero-order valence-electron chi connectivity index (χ0n) is 15.5. The van der Waals surface area contributed by atoms with Gasteiger partial charge in [-0.1, -0.05) is 0 Å². The average Bonchev–Trinajstić information content (AvgIpc) is 2.70. The number of hydrogen-bond donors (Lipinski definition) is 0. The third-order valence-corrected chi connectivity index (χ3v) is 4.74. The molecule has 0 aliphatic rings. The van der Waals surface area contributed by atoms with Gasteiger partial charge in [-0.25, -0.2) is 9.59 Å². The first-order valence-electron chi connectivity index (χ1n) is 8.79. The number of benzene rings is 2. The lowest BCUT2D eigenvalue weighted by molar-refractivity contribution is 0.414. The van der Waals surface area contributed by atoms with Crippen LogP contribution in [0.3, 0.4) is 0 Å². The molecule has 2 aromatic carbocycles. The van der Waals surface area contributed by atoms with Crippen molar-refractivity contribution in [3.63, 3.8) is 0 Å². The number of hydrogen-bond acceptors (Lipinski definition) is 6. The molecule has 4 aromatic rings. The summed E-state index contributed by atoms with van der Waals surface area (Å²) in [4.78, 5) is 23.9. The van der Waals surface area contributed by atoms with Crippen LogP contribution in [0.2, 0.25) is 0 Å². The Balaban J connectivity index is 1.74. The number of methoxy groups -OCH3 is 2. The molecule has 0 unspecified atom stereocenters. The summed E-state index contributed by atoms with van der Waals surface area (Å²) in [5.74, 6) is 1.24. The predicted octanol–water partition coefficient (Wildman–Crippen LogP) is 3.70. The molecule has 0 amide bonds. The van der Waals surface area contributed by atoms with Crippen molar-refractivity contribution in [2.45, 2.75) is 12.8 Å². The van der Waals surface area contributed by atoms with Crippen LogP contribution >= 0.6 is 0 Å². The van der Waals surface area contributed by atoms with Gasteiger partial charge in [0.2, 0.25) is 0 Å². The Bertz CT molecular complexity index is 1180. The average molecular weight is 378 g/mol. The van der Waals surface area contributed by atoms with E-state index in [1.54, 1.807) is 26.4 Å². The molecular formula is C22H18O6. The van der Waals surface area contributed by atoms with E-state index >= 15 is 0 Å². The van der Waals surface area contributed by atoms with Crippen LogP contribution in [0.4, 0.5) is 0 Å². The van der Waals surface area contributed by atoms with Gasteiger partial charge in [-0.2, -0.15) is 0 Å². The van der Waals surface area contributed by atoms with E-state index in [4.69, 9.17) is 18.3 Å². The highest BCUT2D eigenvalue weighted by atomic mass is 16.5. The maximum absolute atomic E-state index is 12.0. The lowest BCUT2D eigenvalue weighted by Gasteiger charge is -2.09. The summed E-state index contributed by atoms with van der Waals surface area (Å²) in [7, 11) is 3.12. The number of aryl methyl sites for hydroxylation is 2. The van der Waals surface area contributed by atoms with Gasteiger partial charge in [0.15, 0.2) is 0 Å². The van der Waals surface area contributed by atoms with Crippen molar-refractivity contribution in [3.05, 3.63) is 80.5 Å². The molecule has 0 aliphatic heterocycles. The largest absolute Gasteiger partial charge is 0.497 e. The van der Waals surface area contributed by atoms with Crippen molar-refractivity contribution >= 4 is 21.9 Å². The monoisotopic (exact) mass is 378 g/mol. The van der Waals surface area contributed by atoms with Gasteiger partial charge in [-0.05, 0) is 48.2 Å². The quantitative estimate of drug-likeness (QED) is 0.493. The zero-order chi connectivity index (χ0) is 19.7. The molecule has 0 aliphatic carbocycles. The minimum atomic E-state index is -0.419. The molecule has 0 atom stereocenters. The first kappa shape index (κ1) is 17.9. The molecule has 6 nitrogen and oxygen atoms in total. The van der Waals surface area contributed by atoms with E-state index in [-0.39, 0.29) is 0 Å². The van der Waals surface area contributed by atoms with Gasteiger partial charge in [0, 0.05) is 35.0 Å². The molecule has 0 bridgehead atoms. The van der Waals surface area contributed by atoms with Gasteiger partial charge in [0.25, 0.3) is 0 Å². The van der Waals surface area contributed by atoms with Gasteiger partial charge in [-0.3, -0.25) is 0 Å². The molecule has 0 N–H and O–H groups in total. The third kappa shape index (κ3) is 3.36. The summed E-state index contributed by atoms with van der Waals surface area (Å²) < 4.78 is 21.0. The molecule has 4 rings (SSSR count). The van der Waals surface area contributed by atoms with E-state index in [0.717, 1.165) is 21.9 Å². The SMILES string of the molecule is COc1ccc2c(CCc3cc(=O)oc4cc(OC)ccc34)cc(=O)oc2c1. The Labute approximate surface area is 159 Å². The number of fused-ring (bicyclic) bond motifs is 2. The normalized spacial score (nSPS) is 11.1. The lowest BCUT2D eigenvalue weighted by Crippen LogP contribution is -2.05. The highest BCUT2D eigenvalue weighted by Crippen LogP contribution is 2.26. The van der Waals surface area contributed by atoms with Crippen molar-refractivity contribution in [1.82, 2.24) is 0 Å². The van der Waals surface area contributed by atoms with E-state index < -0.39 is 11.3 Å². The van der Waals surface area contributed by atoms with Crippen LogP contribution in [-0.4, -0.2) is 14.2 Å². The Morgan fingerprint density at radius 3 is 1.50 bits per heavy atom. The van der Waals surface area contributed by atoms with Crippen LogP contribution in [0.5, 0.6) is 11.5 Å². The van der Waals surface area contributed by atoms with E-state index in [1.807, 2.05) is 24.3 Å². The van der Waals surface area contributed by atoms with Gasteiger partial charge < -0.3 is 18.3 Å². The van der Waals surface area contributed by atoms with Gasteiger partial charge in [0.1, 0.15) is 22.7 Å². The Morgan fingerprint density at radius 2 is 1.11 bits per heavy atom. The summed E-state index contributed by atoms with van der Waals surface area (Å²) in [6.45, 7) is 0. The summed E-state index contributed by atoms with van der Waals surface area (Å²) in [5.41, 5.74) is 1.82. The minimum absolute atomic E-state index is 0.419. The first-order chi connectivity index (χ1) is 13.6. The van der Waals surface area contributed by atoms with Crippen molar-refractivity contribution in [3.8, 4) is 11.5 Å². The lowest BCUT2D eigenvalue weighted by atomic mass is 9.99. The standard InChI is InChI=1S/C22H18O6/c1-25-15-5-7-17-13(9-21(23)27-19(17)11-15)3-4-14-10-22(24)28-20-12-16(26-2)6-8-18(14)20/h5-12H,3-4H2,1-2H3. The maximum atomic E-state index is 12.0. The van der Waals surface area contributed by atoms with Gasteiger partial charge >= 0.3 is 11.3 Å². The molecule has 0 radical (unpaired) electrons. The number of rotatable bonds is 5. The fourth-order valence-corrected chi connectivity index (χ4v) is 3.36. The molecule has 0 saturated heterocycles. The maximum Gasteiger partial charge on any atom is 0.336 e. The van der Waals surface area contributed by atoms with E-state index in [1.165, 1.54) is 12.1 Å². The summed E-state index contributed by atoms with van der Waals surface area (Å²) >= 11 is 0. The topological polar surface area (TPSA) is 78.9 Å². The Hall–Kier alpha value is -3.54. The summed E-state index contributed by atoms with van der Waals surface area (Å²) in [6.07, 6.45) is 1.14. The van der Waals surface area contributed by atoms with Crippen LogP contribution in [0.15, 0.2) is 67.0 Å². The molecule has 0 saturated carbocycles. The second-order valence-electron chi connectivity index (χ2n) is 6.41. The summed E-state index contributed by atoms with van der Waals surface area (Å²) in [6, 6.07) is 13.8. The fourth-order valence-electron chi connectivity index (χ4n) is 3.36. The van der Waals surface area contributed by atoms with Gasteiger partial charge in [-0.15, -0.1) is 0 Å². The van der Waals surface area contributed by atoms with Crippen LogP contribution in [0.25, 0.3) is 21.9 Å².